The first-order chi connectivity index (χ1) is 21.7. The van der Waals surface area contributed by atoms with Gasteiger partial charge in [-0.2, -0.15) is 0 Å². The Bertz CT molecular complexity index is 2030. The lowest BCUT2D eigenvalue weighted by molar-refractivity contribution is 0.365. The summed E-state index contributed by atoms with van der Waals surface area (Å²) < 4.78 is 29.5. The van der Waals surface area contributed by atoms with E-state index in [4.69, 9.17) is 0 Å². The first-order valence-electron chi connectivity index (χ1n) is 15.7. The number of rotatable bonds is 3. The topological polar surface area (TPSA) is 6.48 Å². The summed E-state index contributed by atoms with van der Waals surface area (Å²) in [6.07, 6.45) is 3.06. The molecule has 3 aliphatic rings. The molecule has 216 valence electrons. The van der Waals surface area contributed by atoms with Crippen LogP contribution in [0, 0.1) is 17.6 Å². The first-order valence-corrected chi connectivity index (χ1v) is 15.7. The van der Waals surface area contributed by atoms with E-state index in [2.05, 4.69) is 94.7 Å². The zero-order valence-corrected chi connectivity index (χ0v) is 24.3. The molecule has 2 fully saturated rings. The molecule has 0 radical (unpaired) electrons. The summed E-state index contributed by atoms with van der Waals surface area (Å²) in [5.41, 5.74) is 5.75. The van der Waals surface area contributed by atoms with Gasteiger partial charge >= 0.3 is 0 Å². The largest absolute Gasteiger partial charge is 0.361 e. The Hall–Kier alpha value is -4.70. The molecule has 2 saturated heterocycles. The third-order valence-electron chi connectivity index (χ3n) is 10.5. The summed E-state index contributed by atoms with van der Waals surface area (Å²) in [6, 6.07) is 43.3. The van der Waals surface area contributed by atoms with Crippen molar-refractivity contribution in [2.24, 2.45) is 5.92 Å². The van der Waals surface area contributed by atoms with E-state index in [1.807, 2.05) is 18.2 Å². The molecule has 3 heterocycles. The van der Waals surface area contributed by atoms with Crippen molar-refractivity contribution in [3.63, 3.8) is 0 Å². The molecule has 0 aliphatic carbocycles. The van der Waals surface area contributed by atoms with E-state index in [-0.39, 0.29) is 35.7 Å². The molecule has 0 spiro atoms. The van der Waals surface area contributed by atoms with E-state index in [1.165, 1.54) is 32.7 Å². The number of benzene rings is 6. The third kappa shape index (κ3) is 3.83. The maximum Gasteiger partial charge on any atom is 0.123 e. The Morgan fingerprint density at radius 2 is 1.14 bits per heavy atom. The Morgan fingerprint density at radius 1 is 0.523 bits per heavy atom. The third-order valence-corrected chi connectivity index (χ3v) is 10.5. The molecule has 0 saturated carbocycles. The van der Waals surface area contributed by atoms with Crippen molar-refractivity contribution in [3.05, 3.63) is 156 Å². The molecule has 6 aromatic rings. The van der Waals surface area contributed by atoms with Gasteiger partial charge in [-0.15, -0.1) is 0 Å². The van der Waals surface area contributed by atoms with Crippen LogP contribution in [0.3, 0.4) is 0 Å². The van der Waals surface area contributed by atoms with Gasteiger partial charge in [0.15, 0.2) is 0 Å². The van der Waals surface area contributed by atoms with Crippen LogP contribution in [0.2, 0.25) is 0 Å². The van der Waals surface area contributed by atoms with Crippen molar-refractivity contribution in [1.82, 2.24) is 0 Å². The molecule has 2 nitrogen and oxygen atoms in total. The van der Waals surface area contributed by atoms with Gasteiger partial charge in [0, 0.05) is 28.9 Å². The fraction of sp³-hybridized carbons (Fsp3) is 0.200. The van der Waals surface area contributed by atoms with Crippen LogP contribution in [0.1, 0.15) is 54.1 Å². The van der Waals surface area contributed by atoms with Crippen molar-refractivity contribution in [2.75, 3.05) is 9.80 Å². The van der Waals surface area contributed by atoms with Gasteiger partial charge < -0.3 is 9.80 Å². The van der Waals surface area contributed by atoms with Gasteiger partial charge in [0.25, 0.3) is 0 Å². The van der Waals surface area contributed by atoms with Crippen LogP contribution in [-0.2, 0) is 0 Å². The van der Waals surface area contributed by atoms with E-state index in [0.29, 0.717) is 6.04 Å². The predicted molar refractivity (Wildman–Crippen MR) is 175 cm³/mol. The second kappa shape index (κ2) is 9.92. The monoisotopic (exact) mass is 578 g/mol. The zero-order chi connectivity index (χ0) is 29.4. The second-order valence-electron chi connectivity index (χ2n) is 12.7. The molecule has 0 aromatic heterocycles. The van der Waals surface area contributed by atoms with Gasteiger partial charge in [0.1, 0.15) is 11.6 Å². The summed E-state index contributed by atoms with van der Waals surface area (Å²) in [5.74, 6) is -0.186. The minimum absolute atomic E-state index is 0.0253. The van der Waals surface area contributed by atoms with Gasteiger partial charge in [0.2, 0.25) is 0 Å². The summed E-state index contributed by atoms with van der Waals surface area (Å²) in [5, 5.41) is 4.99. The second-order valence-corrected chi connectivity index (χ2v) is 12.7. The molecule has 5 atom stereocenters. The first kappa shape index (κ1) is 25.8. The fourth-order valence-electron chi connectivity index (χ4n) is 8.87. The maximum atomic E-state index is 15.2. The number of anilines is 2. The van der Waals surface area contributed by atoms with Gasteiger partial charge in [-0.25, -0.2) is 8.78 Å². The number of fused-ring (bicyclic) bond motifs is 8. The van der Waals surface area contributed by atoms with E-state index in [1.54, 1.807) is 24.3 Å². The Labute approximate surface area is 256 Å². The minimum atomic E-state index is -0.249. The highest BCUT2D eigenvalue weighted by molar-refractivity contribution is 5.88. The summed E-state index contributed by atoms with van der Waals surface area (Å²) in [4.78, 5) is 5.11. The molecule has 9 rings (SSSR count). The van der Waals surface area contributed by atoms with Crippen LogP contribution in [0.5, 0.6) is 0 Å². The van der Waals surface area contributed by atoms with Crippen molar-refractivity contribution in [2.45, 2.75) is 43.4 Å². The molecule has 4 heteroatoms. The SMILES string of the molecule is Fc1ccc(N2[C@@H]3c4cc(F)ccc4N4[C@@H](c5cccc6ccccc56)CC[C@@H]4[C@@H]3C[C@H]2c2cccc3ccccc23)cc1. The fourth-order valence-corrected chi connectivity index (χ4v) is 8.87. The highest BCUT2D eigenvalue weighted by Crippen LogP contribution is 2.61. The number of hydrogen-bond acceptors (Lipinski definition) is 2. The van der Waals surface area contributed by atoms with Crippen LogP contribution in [0.4, 0.5) is 20.2 Å². The number of halogens is 2. The predicted octanol–water partition coefficient (Wildman–Crippen LogP) is 10.3. The van der Waals surface area contributed by atoms with E-state index < -0.39 is 0 Å². The maximum absolute atomic E-state index is 15.2. The van der Waals surface area contributed by atoms with Crippen LogP contribution in [-0.4, -0.2) is 6.04 Å². The Balaban J connectivity index is 1.24. The van der Waals surface area contributed by atoms with E-state index >= 15 is 4.39 Å². The molecule has 0 amide bonds. The van der Waals surface area contributed by atoms with Crippen LogP contribution >= 0.6 is 0 Å². The smallest absolute Gasteiger partial charge is 0.123 e. The summed E-state index contributed by atoms with van der Waals surface area (Å²) in [6.45, 7) is 0. The molecule has 0 bridgehead atoms. The molecule has 44 heavy (non-hydrogen) atoms. The molecule has 0 N–H and O–H groups in total. The van der Waals surface area contributed by atoms with Crippen molar-refractivity contribution in [3.8, 4) is 0 Å². The van der Waals surface area contributed by atoms with Crippen LogP contribution in [0.25, 0.3) is 21.5 Å². The minimum Gasteiger partial charge on any atom is -0.361 e. The van der Waals surface area contributed by atoms with E-state index in [0.717, 1.165) is 36.2 Å². The number of nitrogens with zero attached hydrogens (tertiary/aromatic N) is 2. The van der Waals surface area contributed by atoms with Crippen molar-refractivity contribution in [1.29, 1.82) is 0 Å². The zero-order valence-electron chi connectivity index (χ0n) is 24.3. The molecule has 3 aliphatic heterocycles. The van der Waals surface area contributed by atoms with Crippen LogP contribution < -0.4 is 9.80 Å². The summed E-state index contributed by atoms with van der Waals surface area (Å²) in [7, 11) is 0. The van der Waals surface area contributed by atoms with Gasteiger partial charge in [-0.3, -0.25) is 0 Å². The average Bonchev–Trinajstić information content (AvgIpc) is 3.68. The lowest BCUT2D eigenvalue weighted by atomic mass is 9.80. The summed E-state index contributed by atoms with van der Waals surface area (Å²) >= 11 is 0. The van der Waals surface area contributed by atoms with Gasteiger partial charge in [-0.1, -0.05) is 84.9 Å². The Morgan fingerprint density at radius 3 is 1.84 bits per heavy atom. The highest BCUT2D eigenvalue weighted by atomic mass is 19.1. The van der Waals surface area contributed by atoms with Gasteiger partial charge in [-0.05, 0) is 94.4 Å². The molecular weight excluding hydrogens is 546 g/mol. The lowest BCUT2D eigenvalue weighted by Crippen LogP contribution is -2.45. The van der Waals surface area contributed by atoms with Crippen molar-refractivity contribution < 1.29 is 8.78 Å². The Kier molecular flexibility index (Phi) is 5.81. The van der Waals surface area contributed by atoms with E-state index in [9.17, 15) is 4.39 Å². The molecule has 0 unspecified atom stereocenters. The van der Waals surface area contributed by atoms with Gasteiger partial charge in [0.05, 0.1) is 18.1 Å². The van der Waals surface area contributed by atoms with Crippen LogP contribution in [0.15, 0.2) is 127 Å². The standard InChI is InChI=1S/C40H32F2N2/c41-27-15-18-29(19-16-27)43-39(33-14-6-10-26-8-2-4-12-31(26)33)24-35-38-22-21-36(32-13-5-9-25-7-1-3-11-30(25)32)44(38)37-20-17-28(42)23-34(37)40(35)43/h1-20,23,35-36,38-40H,21-22,24H2/t35-,36+,38+,39-,40+/m0/s1. The number of hydrogen-bond donors (Lipinski definition) is 0. The lowest BCUT2D eigenvalue weighted by Gasteiger charge is -2.46. The highest BCUT2D eigenvalue weighted by Gasteiger charge is 2.54. The quantitative estimate of drug-likeness (QED) is 0.206. The molecule has 6 aromatic carbocycles. The van der Waals surface area contributed by atoms with Crippen molar-refractivity contribution >= 4 is 32.9 Å². The normalized spacial score (nSPS) is 24.0. The average molecular weight is 579 g/mol. The molecular formula is C40H32F2N2.